The number of nitrogens with zero attached hydrogens (tertiary/aromatic N) is 5. The molecule has 2 saturated heterocycles. The third-order valence-corrected chi connectivity index (χ3v) is 5.52. The van der Waals surface area contributed by atoms with Crippen LogP contribution in [0.1, 0.15) is 25.3 Å². The predicted molar refractivity (Wildman–Crippen MR) is 100 cm³/mol. The summed E-state index contributed by atoms with van der Waals surface area (Å²) in [5, 5.41) is 0. The summed E-state index contributed by atoms with van der Waals surface area (Å²) < 4.78 is 0. The Balaban J connectivity index is 1.65. The zero-order valence-corrected chi connectivity index (χ0v) is 15.6. The molecule has 0 saturated carbocycles. The van der Waals surface area contributed by atoms with Crippen LogP contribution in [0.5, 0.6) is 0 Å². The Hall–Kier alpha value is -2.57. The van der Waals surface area contributed by atoms with Crippen LogP contribution in [-0.4, -0.2) is 71.5 Å². The number of aliphatic imine (C=N–C) groups is 1. The third kappa shape index (κ3) is 2.37. The van der Waals surface area contributed by atoms with E-state index in [0.717, 1.165) is 37.6 Å². The molecule has 2 unspecified atom stereocenters. The maximum absolute atomic E-state index is 13.1. The number of unbranched alkanes of at least 4 members (excludes halogenated alkanes) is 1. The molecular formula is C19H25N5O2. The summed E-state index contributed by atoms with van der Waals surface area (Å²) in [6, 6.07) is 7.54. The zero-order chi connectivity index (χ0) is 18.4. The molecule has 2 atom stereocenters. The summed E-state index contributed by atoms with van der Waals surface area (Å²) in [4.78, 5) is 37.7. The van der Waals surface area contributed by atoms with Gasteiger partial charge in [0.05, 0.1) is 0 Å². The molecule has 0 N–H and O–H groups in total. The van der Waals surface area contributed by atoms with E-state index in [0.29, 0.717) is 6.54 Å². The van der Waals surface area contributed by atoms with Gasteiger partial charge in [-0.05, 0) is 25.0 Å². The Kier molecular flexibility index (Phi) is 4.09. The first-order chi connectivity index (χ1) is 12.5. The molecule has 138 valence electrons. The number of carbonyl (C=O) groups excluding carboxylic acids is 2. The zero-order valence-electron chi connectivity index (χ0n) is 15.6. The van der Waals surface area contributed by atoms with Gasteiger partial charge in [0.25, 0.3) is 5.91 Å². The number of guanidine groups is 1. The van der Waals surface area contributed by atoms with Crippen molar-refractivity contribution in [2.24, 2.45) is 4.99 Å². The molecule has 0 spiro atoms. The van der Waals surface area contributed by atoms with Crippen LogP contribution in [0.3, 0.4) is 0 Å². The van der Waals surface area contributed by atoms with Gasteiger partial charge in [-0.2, -0.15) is 0 Å². The topological polar surface area (TPSA) is 59.5 Å². The van der Waals surface area contributed by atoms with Crippen LogP contribution in [0.25, 0.3) is 0 Å². The standard InChI is InChI=1S/C19H25N5O2/c1-4-5-10-24-17(25)15-16(21(3)19(24)26)20-18-22(11-12-23(15)18)14-9-7-6-8-13(14)2/h6-9,15-16H,4-5,10-12H2,1-3H3. The highest BCUT2D eigenvalue weighted by Gasteiger charge is 2.54. The fourth-order valence-electron chi connectivity index (χ4n) is 4.05. The maximum Gasteiger partial charge on any atom is 0.328 e. The van der Waals surface area contributed by atoms with E-state index in [4.69, 9.17) is 4.99 Å². The molecule has 4 rings (SSSR count). The molecule has 7 nitrogen and oxygen atoms in total. The lowest BCUT2D eigenvalue weighted by Gasteiger charge is -2.40. The van der Waals surface area contributed by atoms with Gasteiger partial charge in [-0.1, -0.05) is 31.5 Å². The fourth-order valence-corrected chi connectivity index (χ4v) is 4.05. The lowest BCUT2D eigenvalue weighted by Crippen LogP contribution is -2.64. The molecule has 2 fully saturated rings. The second-order valence-electron chi connectivity index (χ2n) is 7.16. The van der Waals surface area contributed by atoms with Crippen molar-refractivity contribution >= 4 is 23.6 Å². The summed E-state index contributed by atoms with van der Waals surface area (Å²) in [6.45, 7) is 6.15. The molecule has 3 aliphatic rings. The first kappa shape index (κ1) is 16.9. The minimum atomic E-state index is -0.435. The molecular weight excluding hydrogens is 330 g/mol. The number of fused-ring (bicyclic) bond motifs is 3. The molecule has 0 radical (unpaired) electrons. The molecule has 1 aromatic rings. The Morgan fingerprint density at radius 1 is 1.19 bits per heavy atom. The number of hydrogen-bond donors (Lipinski definition) is 0. The Morgan fingerprint density at radius 3 is 2.69 bits per heavy atom. The highest BCUT2D eigenvalue weighted by atomic mass is 16.2. The van der Waals surface area contributed by atoms with Crippen LogP contribution in [0, 0.1) is 6.92 Å². The van der Waals surface area contributed by atoms with Crippen molar-refractivity contribution in [1.82, 2.24) is 14.7 Å². The largest absolute Gasteiger partial charge is 0.328 e. The average Bonchev–Trinajstić information content (AvgIpc) is 3.20. The van der Waals surface area contributed by atoms with Crippen LogP contribution in [0.15, 0.2) is 29.3 Å². The molecule has 26 heavy (non-hydrogen) atoms. The van der Waals surface area contributed by atoms with Crippen molar-refractivity contribution in [3.05, 3.63) is 29.8 Å². The Morgan fingerprint density at radius 2 is 1.96 bits per heavy atom. The summed E-state index contributed by atoms with van der Waals surface area (Å²) in [5.74, 6) is 0.691. The van der Waals surface area contributed by atoms with Crippen molar-refractivity contribution in [1.29, 1.82) is 0 Å². The SMILES string of the molecule is CCCCN1C(=O)C2C(N=C3N(c4ccccc4C)CCN32)N(C)C1=O. The molecule has 7 heteroatoms. The predicted octanol–water partition coefficient (Wildman–Crippen LogP) is 1.88. The van der Waals surface area contributed by atoms with E-state index in [1.807, 2.05) is 12.1 Å². The lowest BCUT2D eigenvalue weighted by molar-refractivity contribution is -0.137. The van der Waals surface area contributed by atoms with Crippen LogP contribution >= 0.6 is 0 Å². The van der Waals surface area contributed by atoms with Crippen molar-refractivity contribution in [2.45, 2.75) is 38.9 Å². The highest BCUT2D eigenvalue weighted by Crippen LogP contribution is 2.34. The minimum Gasteiger partial charge on any atom is -0.325 e. The summed E-state index contributed by atoms with van der Waals surface area (Å²) in [7, 11) is 1.75. The van der Waals surface area contributed by atoms with Gasteiger partial charge in [-0.25, -0.2) is 9.79 Å². The van der Waals surface area contributed by atoms with E-state index in [9.17, 15) is 9.59 Å². The number of hydrogen-bond acceptors (Lipinski definition) is 5. The van der Waals surface area contributed by atoms with Crippen molar-refractivity contribution < 1.29 is 9.59 Å². The van der Waals surface area contributed by atoms with Crippen molar-refractivity contribution in [3.8, 4) is 0 Å². The normalized spacial score (nSPS) is 25.0. The van der Waals surface area contributed by atoms with E-state index in [1.54, 1.807) is 11.9 Å². The first-order valence-corrected chi connectivity index (χ1v) is 9.30. The lowest BCUT2D eigenvalue weighted by atomic mass is 10.1. The first-order valence-electron chi connectivity index (χ1n) is 9.30. The van der Waals surface area contributed by atoms with Gasteiger partial charge in [0.15, 0.2) is 12.2 Å². The molecule has 3 amide bonds. The van der Waals surface area contributed by atoms with E-state index >= 15 is 0 Å². The van der Waals surface area contributed by atoms with E-state index in [1.165, 1.54) is 10.5 Å². The number of aryl methyl sites for hydroxylation is 1. The van der Waals surface area contributed by atoms with Crippen molar-refractivity contribution in [2.75, 3.05) is 31.6 Å². The fraction of sp³-hybridized carbons (Fsp3) is 0.526. The van der Waals surface area contributed by atoms with Gasteiger partial charge in [-0.15, -0.1) is 0 Å². The molecule has 0 bridgehead atoms. The van der Waals surface area contributed by atoms with E-state index in [2.05, 4.69) is 35.8 Å². The number of carbonyl (C=O) groups is 2. The quantitative estimate of drug-likeness (QED) is 0.827. The Bertz CT molecular complexity index is 777. The summed E-state index contributed by atoms with van der Waals surface area (Å²) in [5.41, 5.74) is 2.28. The second-order valence-corrected chi connectivity index (χ2v) is 7.16. The average molecular weight is 355 g/mol. The third-order valence-electron chi connectivity index (χ3n) is 5.52. The number of likely N-dealkylation sites (N-methyl/N-ethyl adjacent to an activating group) is 1. The monoisotopic (exact) mass is 355 g/mol. The smallest absolute Gasteiger partial charge is 0.325 e. The van der Waals surface area contributed by atoms with Crippen LogP contribution in [0.4, 0.5) is 10.5 Å². The summed E-state index contributed by atoms with van der Waals surface area (Å²) in [6.07, 6.45) is 1.34. The van der Waals surface area contributed by atoms with Crippen molar-refractivity contribution in [3.63, 3.8) is 0 Å². The number of amides is 3. The Labute approximate surface area is 153 Å². The highest BCUT2D eigenvalue weighted by molar-refractivity contribution is 6.08. The molecule has 3 heterocycles. The van der Waals surface area contributed by atoms with Crippen LogP contribution < -0.4 is 4.90 Å². The van der Waals surface area contributed by atoms with Gasteiger partial charge in [0, 0.05) is 32.4 Å². The number of para-hydroxylation sites is 1. The van der Waals surface area contributed by atoms with Crippen LogP contribution in [-0.2, 0) is 4.79 Å². The minimum absolute atomic E-state index is 0.114. The number of urea groups is 1. The summed E-state index contributed by atoms with van der Waals surface area (Å²) >= 11 is 0. The second kappa shape index (κ2) is 6.30. The van der Waals surface area contributed by atoms with E-state index < -0.39 is 12.2 Å². The number of benzene rings is 1. The molecule has 0 aliphatic carbocycles. The number of rotatable bonds is 4. The number of anilines is 1. The van der Waals surface area contributed by atoms with Gasteiger partial charge in [-0.3, -0.25) is 9.69 Å². The van der Waals surface area contributed by atoms with Gasteiger partial charge in [0.1, 0.15) is 0 Å². The maximum atomic E-state index is 13.1. The van der Waals surface area contributed by atoms with Crippen LogP contribution in [0.2, 0.25) is 0 Å². The van der Waals surface area contributed by atoms with Gasteiger partial charge >= 0.3 is 6.03 Å². The molecule has 3 aliphatic heterocycles. The van der Waals surface area contributed by atoms with E-state index in [-0.39, 0.29) is 11.9 Å². The molecule has 1 aromatic carbocycles. The van der Waals surface area contributed by atoms with Gasteiger partial charge in [0.2, 0.25) is 5.96 Å². The number of imide groups is 1. The molecule has 0 aromatic heterocycles. The van der Waals surface area contributed by atoms with Gasteiger partial charge < -0.3 is 14.7 Å².